The Labute approximate surface area is 221 Å². The highest BCUT2D eigenvalue weighted by Crippen LogP contribution is 2.29. The number of hydrogen-bond donors (Lipinski definition) is 1. The summed E-state index contributed by atoms with van der Waals surface area (Å²) in [5, 5.41) is 2.22. The molecule has 184 valence electrons. The molecule has 6 rings (SSSR count). The third-order valence-electron chi connectivity index (χ3n) is 6.68. The van der Waals surface area contributed by atoms with Gasteiger partial charge in [-0.2, -0.15) is 0 Å². The molecule has 0 saturated heterocycles. The van der Waals surface area contributed by atoms with Gasteiger partial charge in [-0.3, -0.25) is 4.99 Å². The van der Waals surface area contributed by atoms with Crippen LogP contribution in [0.15, 0.2) is 136 Å². The second-order valence-electron chi connectivity index (χ2n) is 9.38. The summed E-state index contributed by atoms with van der Waals surface area (Å²) in [6, 6.07) is 41.0. The van der Waals surface area contributed by atoms with E-state index in [0.717, 1.165) is 49.8 Å². The summed E-state index contributed by atoms with van der Waals surface area (Å²) in [4.78, 5) is 9.67. The number of aryl methyl sites for hydroxylation is 1. The van der Waals surface area contributed by atoms with Crippen LogP contribution in [-0.2, 0) is 6.54 Å². The fourth-order valence-corrected chi connectivity index (χ4v) is 4.57. The van der Waals surface area contributed by atoms with E-state index in [1.54, 1.807) is 0 Å². The number of fused-ring (bicyclic) bond motifs is 3. The molecule has 0 radical (unpaired) electrons. The molecule has 1 aromatic heterocycles. The van der Waals surface area contributed by atoms with Gasteiger partial charge in [-0.25, -0.2) is 4.99 Å². The van der Waals surface area contributed by atoms with Crippen molar-refractivity contribution in [3.63, 3.8) is 0 Å². The molecule has 0 aliphatic heterocycles. The molecule has 0 atom stereocenters. The lowest BCUT2D eigenvalue weighted by atomic mass is 10.0. The highest BCUT2D eigenvalue weighted by Gasteiger charge is 2.09. The maximum absolute atomic E-state index is 6.49. The van der Waals surface area contributed by atoms with Crippen molar-refractivity contribution in [2.75, 3.05) is 0 Å². The van der Waals surface area contributed by atoms with E-state index in [2.05, 4.69) is 67.6 Å². The van der Waals surface area contributed by atoms with Gasteiger partial charge in [-0.15, -0.1) is 0 Å². The van der Waals surface area contributed by atoms with E-state index in [1.807, 2.05) is 60.7 Å². The van der Waals surface area contributed by atoms with E-state index < -0.39 is 0 Å². The number of amidine groups is 2. The molecule has 0 spiro atoms. The van der Waals surface area contributed by atoms with Crippen LogP contribution in [0.4, 0.5) is 0 Å². The maximum atomic E-state index is 6.49. The number of benzene rings is 5. The molecule has 5 aromatic carbocycles. The average Bonchev–Trinajstić information content (AvgIpc) is 3.34. The first-order valence-electron chi connectivity index (χ1n) is 12.7. The van der Waals surface area contributed by atoms with Gasteiger partial charge in [0.1, 0.15) is 17.0 Å². The van der Waals surface area contributed by atoms with Crippen LogP contribution < -0.4 is 5.73 Å². The molecule has 1 heterocycles. The van der Waals surface area contributed by atoms with Crippen molar-refractivity contribution in [2.45, 2.75) is 13.5 Å². The standard InChI is InChI=1S/C34H27N3O/c1-23-11-14-28(15-12-23)34(37-33(35)27-18-16-26(17-19-27)25-7-3-2-4-8-25)36-22-24-13-20-30-29-9-5-6-10-31(29)38-32(30)21-24/h2-21H,22H2,1H3,(H2,35,36,37). The summed E-state index contributed by atoms with van der Waals surface area (Å²) in [5.74, 6) is 1.02. The van der Waals surface area contributed by atoms with Gasteiger partial charge in [0, 0.05) is 21.9 Å². The molecule has 2 N–H and O–H groups in total. The van der Waals surface area contributed by atoms with E-state index in [-0.39, 0.29) is 0 Å². The SMILES string of the molecule is Cc1ccc(C(N=C(N)c2ccc(-c3ccccc3)cc2)=NCc2ccc3c(c2)oc2ccccc23)cc1. The average molecular weight is 494 g/mol. The molecule has 4 nitrogen and oxygen atoms in total. The maximum Gasteiger partial charge on any atom is 0.157 e. The Balaban J connectivity index is 1.32. The van der Waals surface area contributed by atoms with Gasteiger partial charge in [-0.05, 0) is 35.7 Å². The van der Waals surface area contributed by atoms with Gasteiger partial charge in [0.05, 0.1) is 6.54 Å². The second kappa shape index (κ2) is 10.2. The van der Waals surface area contributed by atoms with E-state index in [4.69, 9.17) is 20.1 Å². The Kier molecular flexibility index (Phi) is 6.29. The lowest BCUT2D eigenvalue weighted by Crippen LogP contribution is -2.16. The fourth-order valence-electron chi connectivity index (χ4n) is 4.57. The second-order valence-corrected chi connectivity index (χ2v) is 9.38. The Hall–Kier alpha value is -4.96. The molecule has 0 fully saturated rings. The highest BCUT2D eigenvalue weighted by atomic mass is 16.3. The van der Waals surface area contributed by atoms with Crippen LogP contribution >= 0.6 is 0 Å². The molecule has 4 heteroatoms. The molecule has 0 saturated carbocycles. The van der Waals surface area contributed by atoms with Crippen molar-refractivity contribution in [3.8, 4) is 11.1 Å². The fraction of sp³-hybridized carbons (Fsp3) is 0.0588. The summed E-state index contributed by atoms with van der Waals surface area (Å²) >= 11 is 0. The van der Waals surface area contributed by atoms with E-state index >= 15 is 0 Å². The normalized spacial score (nSPS) is 12.3. The highest BCUT2D eigenvalue weighted by molar-refractivity contribution is 6.11. The van der Waals surface area contributed by atoms with Crippen LogP contribution in [0.3, 0.4) is 0 Å². The zero-order valence-corrected chi connectivity index (χ0v) is 21.1. The first-order chi connectivity index (χ1) is 18.6. The Morgan fingerprint density at radius 2 is 1.32 bits per heavy atom. The lowest BCUT2D eigenvalue weighted by molar-refractivity contribution is 0.668. The Bertz CT molecular complexity index is 1780. The van der Waals surface area contributed by atoms with E-state index in [1.165, 1.54) is 5.56 Å². The van der Waals surface area contributed by atoms with Crippen LogP contribution in [-0.4, -0.2) is 11.7 Å². The third-order valence-corrected chi connectivity index (χ3v) is 6.68. The quantitative estimate of drug-likeness (QED) is 0.196. The summed E-state index contributed by atoms with van der Waals surface area (Å²) < 4.78 is 6.07. The van der Waals surface area contributed by atoms with Gasteiger partial charge in [0.25, 0.3) is 0 Å². The predicted molar refractivity (Wildman–Crippen MR) is 158 cm³/mol. The largest absolute Gasteiger partial charge is 0.456 e. The molecule has 0 aliphatic rings. The summed E-state index contributed by atoms with van der Waals surface area (Å²) in [6.07, 6.45) is 0. The molecular weight excluding hydrogens is 466 g/mol. The number of nitrogens with two attached hydrogens (primary N) is 1. The monoisotopic (exact) mass is 493 g/mol. The summed E-state index contributed by atoms with van der Waals surface area (Å²) in [5.41, 5.74) is 14.5. The molecule has 6 aromatic rings. The van der Waals surface area contributed by atoms with Crippen LogP contribution in [0.1, 0.15) is 22.3 Å². The molecule has 0 unspecified atom stereocenters. The molecular formula is C34H27N3O. The number of aliphatic imine (C=N–C) groups is 2. The van der Waals surface area contributed by atoms with Crippen LogP contribution in [0, 0.1) is 6.92 Å². The number of rotatable bonds is 5. The van der Waals surface area contributed by atoms with Crippen LogP contribution in [0.5, 0.6) is 0 Å². The molecule has 0 aliphatic carbocycles. The van der Waals surface area contributed by atoms with Gasteiger partial charge < -0.3 is 10.2 Å². The summed E-state index contributed by atoms with van der Waals surface area (Å²) in [6.45, 7) is 2.52. The molecule has 0 amide bonds. The van der Waals surface area contributed by atoms with Crippen LogP contribution in [0.2, 0.25) is 0 Å². The number of para-hydroxylation sites is 1. The summed E-state index contributed by atoms with van der Waals surface area (Å²) in [7, 11) is 0. The topological polar surface area (TPSA) is 63.9 Å². The van der Waals surface area contributed by atoms with Crippen molar-refractivity contribution in [1.82, 2.24) is 0 Å². The molecule has 0 bridgehead atoms. The Morgan fingerprint density at radius 1 is 0.658 bits per heavy atom. The van der Waals surface area contributed by atoms with E-state index in [0.29, 0.717) is 18.2 Å². The minimum absolute atomic E-state index is 0.427. The van der Waals surface area contributed by atoms with Crippen molar-refractivity contribution in [2.24, 2.45) is 15.7 Å². The van der Waals surface area contributed by atoms with Gasteiger partial charge in [0.2, 0.25) is 0 Å². The number of hydrogen-bond acceptors (Lipinski definition) is 2. The smallest absolute Gasteiger partial charge is 0.157 e. The minimum Gasteiger partial charge on any atom is -0.456 e. The van der Waals surface area contributed by atoms with Crippen molar-refractivity contribution >= 4 is 33.6 Å². The zero-order valence-electron chi connectivity index (χ0n) is 21.1. The van der Waals surface area contributed by atoms with Gasteiger partial charge in [0.15, 0.2) is 5.84 Å². The minimum atomic E-state index is 0.427. The van der Waals surface area contributed by atoms with Crippen LogP contribution in [0.25, 0.3) is 33.1 Å². The van der Waals surface area contributed by atoms with Crippen molar-refractivity contribution in [1.29, 1.82) is 0 Å². The lowest BCUT2D eigenvalue weighted by Gasteiger charge is -2.07. The number of furan rings is 1. The first kappa shape index (κ1) is 23.4. The van der Waals surface area contributed by atoms with Gasteiger partial charge in [-0.1, -0.05) is 115 Å². The molecule has 38 heavy (non-hydrogen) atoms. The number of nitrogens with zero attached hydrogens (tertiary/aromatic N) is 2. The third kappa shape index (κ3) is 4.84. The van der Waals surface area contributed by atoms with Crippen molar-refractivity contribution in [3.05, 3.63) is 144 Å². The van der Waals surface area contributed by atoms with E-state index in [9.17, 15) is 0 Å². The zero-order chi connectivity index (χ0) is 25.9. The van der Waals surface area contributed by atoms with Crippen molar-refractivity contribution < 1.29 is 4.42 Å². The predicted octanol–water partition coefficient (Wildman–Crippen LogP) is 7.91. The Morgan fingerprint density at radius 3 is 2.11 bits per heavy atom. The first-order valence-corrected chi connectivity index (χ1v) is 12.7. The van der Waals surface area contributed by atoms with Gasteiger partial charge >= 0.3 is 0 Å².